The van der Waals surface area contributed by atoms with Gasteiger partial charge in [0.05, 0.1) is 4.47 Å². The first-order valence-corrected chi connectivity index (χ1v) is 9.01. The Hall–Kier alpha value is -1.95. The van der Waals surface area contributed by atoms with Crippen molar-refractivity contribution in [2.24, 2.45) is 0 Å². The largest absolute Gasteiger partial charge is 0.445 e. The fourth-order valence-electron chi connectivity index (χ4n) is 2.34. The first kappa shape index (κ1) is 18.8. The molecule has 0 unspecified atom stereocenters. The van der Waals surface area contributed by atoms with Gasteiger partial charge in [-0.15, -0.1) is 10.2 Å². The monoisotopic (exact) mass is 453 g/mol. The lowest BCUT2D eigenvalue weighted by Crippen LogP contribution is -2.50. The summed E-state index contributed by atoms with van der Waals surface area (Å²) in [6, 6.07) is 3.83. The van der Waals surface area contributed by atoms with E-state index in [9.17, 15) is 22.4 Å². The second kappa shape index (κ2) is 7.35. The van der Waals surface area contributed by atoms with Gasteiger partial charge >= 0.3 is 12.2 Å². The minimum atomic E-state index is -4.52. The number of hydrogen-bond acceptors (Lipinski definition) is 5. The quantitative estimate of drug-likeness (QED) is 0.702. The molecule has 0 bridgehead atoms. The van der Waals surface area contributed by atoms with Gasteiger partial charge in [-0.25, -0.2) is 9.18 Å². The van der Waals surface area contributed by atoms with E-state index in [-0.39, 0.29) is 5.13 Å². The lowest BCUT2D eigenvalue weighted by molar-refractivity contribution is -0.138. The smallest absolute Gasteiger partial charge is 0.343 e. The first-order chi connectivity index (χ1) is 12.2. The van der Waals surface area contributed by atoms with E-state index < -0.39 is 23.0 Å². The van der Waals surface area contributed by atoms with Crippen molar-refractivity contribution in [3.8, 4) is 0 Å². The van der Waals surface area contributed by atoms with Crippen molar-refractivity contribution in [3.05, 3.63) is 33.5 Å². The van der Waals surface area contributed by atoms with Gasteiger partial charge in [0.2, 0.25) is 10.1 Å². The zero-order valence-electron chi connectivity index (χ0n) is 13.1. The predicted octanol–water partition coefficient (Wildman–Crippen LogP) is 3.81. The standard InChI is InChI=1S/C14H12BrF4N5OS/c15-9-2-1-8(7-10(9)16)20-12(25)23-3-5-24(6-4-23)13-22-21-11(26-13)14(17,18)19/h1-2,7H,3-6H2,(H,20,25). The van der Waals surface area contributed by atoms with Crippen LogP contribution in [0.1, 0.15) is 5.01 Å². The molecular formula is C14H12BrF4N5OS. The van der Waals surface area contributed by atoms with Crippen LogP contribution in [0.25, 0.3) is 0 Å². The Morgan fingerprint density at radius 1 is 1.19 bits per heavy atom. The number of piperazine rings is 1. The number of alkyl halides is 3. The summed E-state index contributed by atoms with van der Waals surface area (Å²) >= 11 is 3.51. The van der Waals surface area contributed by atoms with Crippen LogP contribution < -0.4 is 10.2 Å². The topological polar surface area (TPSA) is 61.4 Å². The molecule has 0 spiro atoms. The van der Waals surface area contributed by atoms with Gasteiger partial charge in [0.1, 0.15) is 5.82 Å². The molecule has 1 aromatic carbocycles. The van der Waals surface area contributed by atoms with Crippen LogP contribution in [-0.4, -0.2) is 47.3 Å². The van der Waals surface area contributed by atoms with Crippen LogP contribution in [0.2, 0.25) is 0 Å². The van der Waals surface area contributed by atoms with Crippen LogP contribution >= 0.6 is 27.3 Å². The summed E-state index contributed by atoms with van der Waals surface area (Å²) in [5, 5.41) is 8.50. The van der Waals surface area contributed by atoms with Crippen LogP contribution in [0.5, 0.6) is 0 Å². The minimum absolute atomic E-state index is 0.173. The van der Waals surface area contributed by atoms with Gasteiger partial charge in [-0.3, -0.25) is 0 Å². The molecule has 1 fully saturated rings. The Kier molecular flexibility index (Phi) is 5.32. The highest BCUT2D eigenvalue weighted by Gasteiger charge is 2.36. The molecule has 2 aromatic rings. The molecule has 0 atom stereocenters. The average Bonchev–Trinajstić information content (AvgIpc) is 3.09. The fourth-order valence-corrected chi connectivity index (χ4v) is 3.35. The predicted molar refractivity (Wildman–Crippen MR) is 91.8 cm³/mol. The normalized spacial score (nSPS) is 15.3. The Labute approximate surface area is 157 Å². The van der Waals surface area contributed by atoms with Crippen LogP contribution in [0.4, 0.5) is 33.2 Å². The van der Waals surface area contributed by atoms with Crippen molar-refractivity contribution >= 4 is 44.1 Å². The number of nitrogens with one attached hydrogen (secondary N) is 1. The van der Waals surface area contributed by atoms with E-state index in [0.717, 1.165) is 0 Å². The molecule has 0 saturated carbocycles. The Balaban J connectivity index is 1.57. The van der Waals surface area contributed by atoms with E-state index in [2.05, 4.69) is 31.4 Å². The number of benzene rings is 1. The van der Waals surface area contributed by atoms with Gasteiger partial charge in [0, 0.05) is 31.9 Å². The zero-order chi connectivity index (χ0) is 18.9. The van der Waals surface area contributed by atoms with Crippen LogP contribution in [0.3, 0.4) is 0 Å². The second-order valence-electron chi connectivity index (χ2n) is 5.42. The van der Waals surface area contributed by atoms with E-state index in [4.69, 9.17) is 0 Å². The van der Waals surface area contributed by atoms with Crippen LogP contribution in [0.15, 0.2) is 22.7 Å². The Morgan fingerprint density at radius 3 is 2.46 bits per heavy atom. The number of anilines is 2. The van der Waals surface area contributed by atoms with Gasteiger partial charge < -0.3 is 15.1 Å². The number of carbonyl (C=O) groups is 1. The van der Waals surface area contributed by atoms with Crippen molar-refractivity contribution in [3.63, 3.8) is 0 Å². The Bertz CT molecular complexity index is 807. The van der Waals surface area contributed by atoms with Gasteiger partial charge in [-0.1, -0.05) is 11.3 Å². The minimum Gasteiger partial charge on any atom is -0.343 e. The molecule has 6 nitrogen and oxygen atoms in total. The molecule has 2 heterocycles. The molecule has 2 amide bonds. The number of rotatable bonds is 2. The molecule has 1 saturated heterocycles. The molecule has 0 aliphatic carbocycles. The molecule has 3 rings (SSSR count). The molecule has 0 radical (unpaired) electrons. The van der Waals surface area contributed by atoms with E-state index in [0.29, 0.717) is 47.7 Å². The number of nitrogens with zero attached hydrogens (tertiary/aromatic N) is 4. The maximum Gasteiger partial charge on any atom is 0.445 e. The number of hydrogen-bond donors (Lipinski definition) is 1. The van der Waals surface area contributed by atoms with E-state index >= 15 is 0 Å². The number of urea groups is 1. The zero-order valence-corrected chi connectivity index (χ0v) is 15.5. The summed E-state index contributed by atoms with van der Waals surface area (Å²) in [7, 11) is 0. The molecule has 1 aromatic heterocycles. The molecule has 1 aliphatic rings. The number of amides is 2. The summed E-state index contributed by atoms with van der Waals surface area (Å²) in [4.78, 5) is 15.4. The van der Waals surface area contributed by atoms with Crippen molar-refractivity contribution in [1.82, 2.24) is 15.1 Å². The van der Waals surface area contributed by atoms with Crippen LogP contribution in [-0.2, 0) is 6.18 Å². The number of aromatic nitrogens is 2. The van der Waals surface area contributed by atoms with Crippen molar-refractivity contribution in [2.75, 3.05) is 36.4 Å². The maximum absolute atomic E-state index is 13.5. The summed E-state index contributed by atoms with van der Waals surface area (Å²) < 4.78 is 51.6. The summed E-state index contributed by atoms with van der Waals surface area (Å²) in [6.45, 7) is 1.25. The fraction of sp³-hybridized carbons (Fsp3) is 0.357. The summed E-state index contributed by atoms with van der Waals surface area (Å²) in [5.41, 5.74) is 0.317. The number of carbonyl (C=O) groups excluding carboxylic acids is 1. The highest BCUT2D eigenvalue weighted by molar-refractivity contribution is 9.10. The third-order valence-electron chi connectivity index (χ3n) is 3.67. The van der Waals surface area contributed by atoms with Gasteiger partial charge in [0.15, 0.2) is 0 Å². The van der Waals surface area contributed by atoms with Crippen molar-refractivity contribution in [1.29, 1.82) is 0 Å². The van der Waals surface area contributed by atoms with E-state index in [1.54, 1.807) is 11.0 Å². The molecular weight excluding hydrogens is 442 g/mol. The molecule has 26 heavy (non-hydrogen) atoms. The van der Waals surface area contributed by atoms with E-state index in [1.165, 1.54) is 17.0 Å². The maximum atomic E-state index is 13.5. The van der Waals surface area contributed by atoms with E-state index in [1.807, 2.05) is 0 Å². The second-order valence-corrected chi connectivity index (χ2v) is 7.23. The molecule has 1 N–H and O–H groups in total. The molecule has 140 valence electrons. The summed E-state index contributed by atoms with van der Waals surface area (Å²) in [6.07, 6.45) is -4.52. The first-order valence-electron chi connectivity index (χ1n) is 7.40. The SMILES string of the molecule is O=C(Nc1ccc(Br)c(F)c1)N1CCN(c2nnc(C(F)(F)F)s2)CC1. The number of halogens is 5. The average molecular weight is 454 g/mol. The highest BCUT2D eigenvalue weighted by Crippen LogP contribution is 2.34. The van der Waals surface area contributed by atoms with Crippen LogP contribution in [0, 0.1) is 5.82 Å². The molecule has 1 aliphatic heterocycles. The lowest BCUT2D eigenvalue weighted by atomic mass is 10.3. The van der Waals surface area contributed by atoms with Gasteiger partial charge in [-0.2, -0.15) is 13.2 Å². The third-order valence-corrected chi connectivity index (χ3v) is 5.34. The van der Waals surface area contributed by atoms with Gasteiger partial charge in [0.25, 0.3) is 0 Å². The molecule has 12 heteroatoms. The third kappa shape index (κ3) is 4.23. The highest BCUT2D eigenvalue weighted by atomic mass is 79.9. The summed E-state index contributed by atoms with van der Waals surface area (Å²) in [5.74, 6) is -0.496. The Morgan fingerprint density at radius 2 is 1.88 bits per heavy atom. The van der Waals surface area contributed by atoms with Gasteiger partial charge in [-0.05, 0) is 34.1 Å². The van der Waals surface area contributed by atoms with Crippen molar-refractivity contribution < 1.29 is 22.4 Å². The lowest BCUT2D eigenvalue weighted by Gasteiger charge is -2.34. The van der Waals surface area contributed by atoms with Crippen molar-refractivity contribution in [2.45, 2.75) is 6.18 Å².